The first-order valence-corrected chi connectivity index (χ1v) is 7.44. The van der Waals surface area contributed by atoms with Crippen molar-refractivity contribution in [1.82, 2.24) is 4.72 Å². The lowest BCUT2D eigenvalue weighted by molar-refractivity contribution is -0.274. The highest BCUT2D eigenvalue weighted by molar-refractivity contribution is 7.92. The van der Waals surface area contributed by atoms with E-state index in [2.05, 4.69) is 21.4 Å². The number of nitrogens with one attached hydrogen (secondary N) is 2. The number of amides is 1. The third kappa shape index (κ3) is 7.09. The first-order chi connectivity index (χ1) is 10.1. The van der Waals surface area contributed by atoms with Crippen LogP contribution in [0.2, 0.25) is 0 Å². The highest BCUT2D eigenvalue weighted by Gasteiger charge is 2.30. The van der Waals surface area contributed by atoms with E-state index in [1.165, 1.54) is 12.1 Å². The Kier molecular flexibility index (Phi) is 5.94. The first kappa shape index (κ1) is 18.0. The van der Waals surface area contributed by atoms with Crippen LogP contribution in [0.5, 0.6) is 5.75 Å². The summed E-state index contributed by atoms with van der Waals surface area (Å²) in [5.74, 6) is -0.916. The molecule has 0 aliphatic rings. The van der Waals surface area contributed by atoms with Gasteiger partial charge >= 0.3 is 6.36 Å². The summed E-state index contributed by atoms with van der Waals surface area (Å²) in [5.41, 5.74) is 0.256. The monoisotopic (exact) mass is 338 g/mol. The first-order valence-electron chi connectivity index (χ1n) is 5.89. The van der Waals surface area contributed by atoms with E-state index in [9.17, 15) is 26.4 Å². The van der Waals surface area contributed by atoms with Gasteiger partial charge in [0.2, 0.25) is 15.9 Å². The number of hydrogen-bond acceptors (Lipinski definition) is 4. The lowest BCUT2D eigenvalue weighted by Gasteiger charge is -2.10. The van der Waals surface area contributed by atoms with E-state index in [-0.39, 0.29) is 18.7 Å². The molecule has 1 aromatic carbocycles. The zero-order valence-electron chi connectivity index (χ0n) is 11.2. The van der Waals surface area contributed by atoms with Gasteiger partial charge in [-0.15, -0.1) is 13.2 Å². The van der Waals surface area contributed by atoms with Crippen molar-refractivity contribution >= 4 is 21.6 Å². The smallest absolute Gasteiger partial charge is 0.406 e. The third-order valence-corrected chi connectivity index (χ3v) is 3.29. The van der Waals surface area contributed by atoms with Gasteiger partial charge < -0.3 is 10.1 Å². The number of carbonyl (C=O) groups is 1. The van der Waals surface area contributed by atoms with E-state index in [4.69, 9.17) is 0 Å². The summed E-state index contributed by atoms with van der Waals surface area (Å²) in [6, 6.07) is 4.55. The molecule has 0 fully saturated rings. The molecule has 0 radical (unpaired) electrons. The van der Waals surface area contributed by atoms with Crippen molar-refractivity contribution in [2.75, 3.05) is 11.9 Å². The van der Waals surface area contributed by atoms with Gasteiger partial charge in [-0.25, -0.2) is 13.1 Å². The molecular formula is C12H13F3N2O4S. The number of rotatable bonds is 7. The molecule has 0 bridgehead atoms. The minimum Gasteiger partial charge on any atom is -0.406 e. The second-order valence-electron chi connectivity index (χ2n) is 3.98. The largest absolute Gasteiger partial charge is 0.573 e. The number of alkyl halides is 3. The number of ether oxygens (including phenoxy) is 1. The van der Waals surface area contributed by atoms with Crippen molar-refractivity contribution in [3.05, 3.63) is 36.3 Å². The number of sulfonamides is 1. The number of carbonyl (C=O) groups excluding carboxylic acids is 1. The van der Waals surface area contributed by atoms with Gasteiger partial charge in [-0.3, -0.25) is 4.79 Å². The number of hydrogen-bond donors (Lipinski definition) is 2. The van der Waals surface area contributed by atoms with Gasteiger partial charge in [-0.1, -0.05) is 6.58 Å². The van der Waals surface area contributed by atoms with E-state index in [1.54, 1.807) is 0 Å². The van der Waals surface area contributed by atoms with Gasteiger partial charge in [0.1, 0.15) is 5.75 Å². The van der Waals surface area contributed by atoms with Crippen LogP contribution in [0.1, 0.15) is 6.42 Å². The molecule has 0 unspecified atom stereocenters. The molecule has 0 aliphatic carbocycles. The van der Waals surface area contributed by atoms with Crippen LogP contribution in [-0.4, -0.2) is 27.2 Å². The highest BCUT2D eigenvalue weighted by Crippen LogP contribution is 2.23. The van der Waals surface area contributed by atoms with Crippen LogP contribution in [0, 0.1) is 0 Å². The van der Waals surface area contributed by atoms with Gasteiger partial charge in [0.25, 0.3) is 0 Å². The Morgan fingerprint density at radius 3 is 2.36 bits per heavy atom. The lowest BCUT2D eigenvalue weighted by Crippen LogP contribution is -2.26. The fraction of sp³-hybridized carbons (Fsp3) is 0.250. The van der Waals surface area contributed by atoms with Crippen molar-refractivity contribution in [3.63, 3.8) is 0 Å². The molecule has 22 heavy (non-hydrogen) atoms. The fourth-order valence-electron chi connectivity index (χ4n) is 1.33. The molecule has 0 saturated carbocycles. The number of anilines is 1. The van der Waals surface area contributed by atoms with E-state index >= 15 is 0 Å². The summed E-state index contributed by atoms with van der Waals surface area (Å²) in [6.45, 7) is 2.96. The van der Waals surface area contributed by atoms with Gasteiger partial charge in [0.05, 0.1) is 0 Å². The summed E-state index contributed by atoms with van der Waals surface area (Å²) in [5, 5.41) is 3.11. The standard InChI is InChI=1S/C12H13F3N2O4S/c1-2-22(19,20)16-8-7-11(18)17-9-3-5-10(6-4-9)21-12(13,14)15/h2-6,16H,1,7-8H2,(H,17,18). The highest BCUT2D eigenvalue weighted by atomic mass is 32.2. The van der Waals surface area contributed by atoms with E-state index in [1.807, 2.05) is 0 Å². The summed E-state index contributed by atoms with van der Waals surface area (Å²) in [4.78, 5) is 11.5. The summed E-state index contributed by atoms with van der Waals surface area (Å²) >= 11 is 0. The molecule has 0 aliphatic heterocycles. The Hall–Kier alpha value is -2.07. The molecule has 0 atom stereocenters. The maximum Gasteiger partial charge on any atom is 0.573 e. The second kappa shape index (κ2) is 7.27. The second-order valence-corrected chi connectivity index (χ2v) is 5.69. The predicted octanol–water partition coefficient (Wildman–Crippen LogP) is 1.98. The van der Waals surface area contributed by atoms with Crippen molar-refractivity contribution in [1.29, 1.82) is 0 Å². The molecule has 1 rings (SSSR count). The summed E-state index contributed by atoms with van der Waals surface area (Å²) in [7, 11) is -3.60. The Morgan fingerprint density at radius 2 is 1.86 bits per heavy atom. The molecule has 1 aromatic rings. The van der Waals surface area contributed by atoms with E-state index in [0.717, 1.165) is 12.1 Å². The summed E-state index contributed by atoms with van der Waals surface area (Å²) < 4.78 is 63.7. The average molecular weight is 338 g/mol. The van der Waals surface area contributed by atoms with Gasteiger partial charge in [-0.2, -0.15) is 0 Å². The fourth-order valence-corrected chi connectivity index (χ4v) is 1.83. The van der Waals surface area contributed by atoms with Gasteiger partial charge in [0, 0.05) is 24.1 Å². The topological polar surface area (TPSA) is 84.5 Å². The van der Waals surface area contributed by atoms with Crippen molar-refractivity contribution < 1.29 is 31.1 Å². The molecule has 0 saturated heterocycles. The van der Waals surface area contributed by atoms with Gasteiger partial charge in [0.15, 0.2) is 0 Å². The Balaban J connectivity index is 2.47. The molecule has 0 spiro atoms. The van der Waals surface area contributed by atoms with Crippen molar-refractivity contribution in [2.45, 2.75) is 12.8 Å². The molecular weight excluding hydrogens is 325 g/mol. The molecule has 1 amide bonds. The number of halogens is 3. The van der Waals surface area contributed by atoms with Crippen LogP contribution < -0.4 is 14.8 Å². The molecule has 2 N–H and O–H groups in total. The molecule has 122 valence electrons. The van der Waals surface area contributed by atoms with E-state index < -0.39 is 28.0 Å². The Bertz CT molecular complexity index is 627. The Morgan fingerprint density at radius 1 is 1.27 bits per heavy atom. The van der Waals surface area contributed by atoms with Crippen LogP contribution in [0.15, 0.2) is 36.3 Å². The molecule has 0 aromatic heterocycles. The molecule has 0 heterocycles. The van der Waals surface area contributed by atoms with Crippen molar-refractivity contribution in [2.24, 2.45) is 0 Å². The molecule has 6 nitrogen and oxygen atoms in total. The van der Waals surface area contributed by atoms with Gasteiger partial charge in [-0.05, 0) is 24.3 Å². The summed E-state index contributed by atoms with van der Waals surface area (Å²) in [6.07, 6.45) is -4.93. The quantitative estimate of drug-likeness (QED) is 0.796. The van der Waals surface area contributed by atoms with Crippen LogP contribution in [0.4, 0.5) is 18.9 Å². The zero-order chi connectivity index (χ0) is 16.8. The Labute approximate surface area is 125 Å². The molecule has 10 heteroatoms. The number of benzene rings is 1. The SMILES string of the molecule is C=CS(=O)(=O)NCCC(=O)Nc1ccc(OC(F)(F)F)cc1. The van der Waals surface area contributed by atoms with Crippen LogP contribution >= 0.6 is 0 Å². The minimum atomic E-state index is -4.78. The van der Waals surface area contributed by atoms with Crippen LogP contribution in [-0.2, 0) is 14.8 Å². The predicted molar refractivity (Wildman–Crippen MR) is 73.5 cm³/mol. The van der Waals surface area contributed by atoms with Crippen LogP contribution in [0.3, 0.4) is 0 Å². The maximum atomic E-state index is 12.0. The third-order valence-electron chi connectivity index (χ3n) is 2.25. The minimum absolute atomic E-state index is 0.130. The van der Waals surface area contributed by atoms with Crippen LogP contribution in [0.25, 0.3) is 0 Å². The van der Waals surface area contributed by atoms with E-state index in [0.29, 0.717) is 5.41 Å². The average Bonchev–Trinajstić information content (AvgIpc) is 2.39. The normalized spacial score (nSPS) is 11.8. The zero-order valence-corrected chi connectivity index (χ0v) is 12.0. The van der Waals surface area contributed by atoms with Crippen molar-refractivity contribution in [3.8, 4) is 5.75 Å². The maximum absolute atomic E-state index is 12.0. The lowest BCUT2D eigenvalue weighted by atomic mass is 10.3.